The summed E-state index contributed by atoms with van der Waals surface area (Å²) < 4.78 is 7.65. The van der Waals surface area contributed by atoms with Gasteiger partial charge in [0.25, 0.3) is 5.91 Å². The zero-order chi connectivity index (χ0) is 15.4. The summed E-state index contributed by atoms with van der Waals surface area (Å²) in [6.07, 6.45) is 8.30. The molecule has 0 spiro atoms. The van der Waals surface area contributed by atoms with Crippen molar-refractivity contribution in [2.45, 2.75) is 20.0 Å². The Bertz CT molecular complexity index is 628. The monoisotopic (exact) mass is 301 g/mol. The van der Waals surface area contributed by atoms with Gasteiger partial charge in [-0.05, 0) is 6.92 Å². The molecule has 22 heavy (non-hydrogen) atoms. The van der Waals surface area contributed by atoms with Crippen LogP contribution < -0.4 is 0 Å². The van der Waals surface area contributed by atoms with E-state index in [1.807, 2.05) is 13.1 Å². The summed E-state index contributed by atoms with van der Waals surface area (Å²) in [5.41, 5.74) is 0.359. The predicted octanol–water partition coefficient (Wildman–Crippen LogP) is 0.982. The number of hydrogen-bond donors (Lipinski definition) is 0. The number of amides is 1. The van der Waals surface area contributed by atoms with E-state index >= 15 is 0 Å². The normalized spacial score (nSPS) is 17.9. The number of hydrogen-bond acceptors (Lipinski definition) is 5. The van der Waals surface area contributed by atoms with Crippen molar-refractivity contribution in [2.75, 3.05) is 19.8 Å². The fourth-order valence-corrected chi connectivity index (χ4v) is 2.66. The topological polar surface area (TPSA) is 73.1 Å². The van der Waals surface area contributed by atoms with E-state index in [1.165, 1.54) is 12.4 Å². The van der Waals surface area contributed by atoms with Crippen LogP contribution in [0.2, 0.25) is 0 Å². The van der Waals surface area contributed by atoms with Gasteiger partial charge in [-0.3, -0.25) is 9.78 Å². The maximum absolute atomic E-state index is 12.6. The van der Waals surface area contributed by atoms with Gasteiger partial charge in [0.1, 0.15) is 11.5 Å². The van der Waals surface area contributed by atoms with Crippen molar-refractivity contribution in [1.29, 1.82) is 0 Å². The van der Waals surface area contributed by atoms with E-state index in [2.05, 4.69) is 19.5 Å². The van der Waals surface area contributed by atoms with E-state index in [0.717, 1.165) is 12.4 Å². The molecule has 1 aliphatic rings. The lowest BCUT2D eigenvalue weighted by Gasteiger charge is -2.23. The SMILES string of the molecule is CCOCC1CN(C(=O)c2cnccn2)Cc2nccn2C1. The van der Waals surface area contributed by atoms with Crippen molar-refractivity contribution in [3.8, 4) is 0 Å². The van der Waals surface area contributed by atoms with Gasteiger partial charge >= 0.3 is 0 Å². The fraction of sp³-hybridized carbons (Fsp3) is 0.467. The van der Waals surface area contributed by atoms with E-state index in [4.69, 9.17) is 4.74 Å². The summed E-state index contributed by atoms with van der Waals surface area (Å²) in [4.78, 5) is 26.9. The van der Waals surface area contributed by atoms with Crippen molar-refractivity contribution in [3.05, 3.63) is 42.5 Å². The molecule has 1 aliphatic heterocycles. The first-order chi connectivity index (χ1) is 10.8. The molecule has 0 N–H and O–H groups in total. The van der Waals surface area contributed by atoms with Crippen molar-refractivity contribution in [2.24, 2.45) is 5.92 Å². The zero-order valence-corrected chi connectivity index (χ0v) is 12.6. The molecular weight excluding hydrogens is 282 g/mol. The molecule has 0 fully saturated rings. The first-order valence-electron chi connectivity index (χ1n) is 7.41. The largest absolute Gasteiger partial charge is 0.381 e. The van der Waals surface area contributed by atoms with Crippen molar-refractivity contribution in [3.63, 3.8) is 0 Å². The summed E-state index contributed by atoms with van der Waals surface area (Å²) in [7, 11) is 0. The number of carbonyl (C=O) groups excluding carboxylic acids is 1. The van der Waals surface area contributed by atoms with Crippen LogP contribution in [0.1, 0.15) is 23.2 Å². The summed E-state index contributed by atoms with van der Waals surface area (Å²) >= 11 is 0. The third kappa shape index (κ3) is 3.14. The van der Waals surface area contributed by atoms with E-state index < -0.39 is 0 Å². The molecule has 116 valence electrons. The second kappa shape index (κ2) is 6.65. The van der Waals surface area contributed by atoms with Gasteiger partial charge in [0, 0.05) is 50.4 Å². The van der Waals surface area contributed by atoms with Crippen LogP contribution in [0, 0.1) is 5.92 Å². The van der Waals surface area contributed by atoms with Gasteiger partial charge in [0.05, 0.1) is 19.3 Å². The molecule has 1 amide bonds. The lowest BCUT2D eigenvalue weighted by Crippen LogP contribution is -2.36. The zero-order valence-electron chi connectivity index (χ0n) is 12.6. The molecule has 0 aromatic carbocycles. The van der Waals surface area contributed by atoms with E-state index in [9.17, 15) is 4.79 Å². The maximum atomic E-state index is 12.6. The Kier molecular flexibility index (Phi) is 4.43. The number of ether oxygens (including phenoxy) is 1. The Morgan fingerprint density at radius 3 is 3.00 bits per heavy atom. The maximum Gasteiger partial charge on any atom is 0.274 e. The number of rotatable bonds is 4. The number of aromatic nitrogens is 4. The van der Waals surface area contributed by atoms with Crippen LogP contribution in [0.15, 0.2) is 31.0 Å². The van der Waals surface area contributed by atoms with Gasteiger partial charge in [-0.1, -0.05) is 0 Å². The van der Waals surface area contributed by atoms with Crippen LogP contribution >= 0.6 is 0 Å². The number of fused-ring (bicyclic) bond motifs is 1. The summed E-state index contributed by atoms with van der Waals surface area (Å²) in [5.74, 6) is 0.998. The highest BCUT2D eigenvalue weighted by atomic mass is 16.5. The second-order valence-electron chi connectivity index (χ2n) is 5.30. The van der Waals surface area contributed by atoms with E-state index in [1.54, 1.807) is 17.3 Å². The highest BCUT2D eigenvalue weighted by Crippen LogP contribution is 2.17. The molecular formula is C15H19N5O2. The number of carbonyl (C=O) groups is 1. The minimum Gasteiger partial charge on any atom is -0.381 e. The highest BCUT2D eigenvalue weighted by molar-refractivity contribution is 5.91. The Morgan fingerprint density at radius 1 is 1.32 bits per heavy atom. The summed E-state index contributed by atoms with van der Waals surface area (Å²) in [6, 6.07) is 0. The molecule has 0 bridgehead atoms. The molecule has 2 aromatic heterocycles. The Balaban J connectivity index is 1.82. The van der Waals surface area contributed by atoms with E-state index in [0.29, 0.717) is 32.0 Å². The van der Waals surface area contributed by atoms with Gasteiger partial charge in [-0.25, -0.2) is 9.97 Å². The van der Waals surface area contributed by atoms with Crippen LogP contribution in [-0.4, -0.2) is 50.1 Å². The van der Waals surface area contributed by atoms with Crippen LogP contribution in [0.3, 0.4) is 0 Å². The highest BCUT2D eigenvalue weighted by Gasteiger charge is 2.27. The minimum atomic E-state index is -0.119. The van der Waals surface area contributed by atoms with Gasteiger partial charge < -0.3 is 14.2 Å². The number of nitrogens with zero attached hydrogens (tertiary/aromatic N) is 5. The van der Waals surface area contributed by atoms with Crippen molar-refractivity contribution >= 4 is 5.91 Å². The minimum absolute atomic E-state index is 0.119. The molecule has 1 unspecified atom stereocenters. The molecule has 3 heterocycles. The Morgan fingerprint density at radius 2 is 2.23 bits per heavy atom. The Labute approximate surface area is 129 Å². The molecule has 0 radical (unpaired) electrons. The van der Waals surface area contributed by atoms with Gasteiger partial charge in [0.2, 0.25) is 0 Å². The third-order valence-corrected chi connectivity index (χ3v) is 3.69. The van der Waals surface area contributed by atoms with Crippen LogP contribution in [-0.2, 0) is 17.8 Å². The predicted molar refractivity (Wildman–Crippen MR) is 79.0 cm³/mol. The molecule has 0 aliphatic carbocycles. The average molecular weight is 301 g/mol. The fourth-order valence-electron chi connectivity index (χ4n) is 2.66. The quantitative estimate of drug-likeness (QED) is 0.841. The van der Waals surface area contributed by atoms with Gasteiger partial charge in [0.15, 0.2) is 0 Å². The molecule has 1 atom stereocenters. The van der Waals surface area contributed by atoms with Crippen LogP contribution in [0.4, 0.5) is 0 Å². The average Bonchev–Trinajstić information content (AvgIpc) is 2.91. The molecule has 2 aromatic rings. The standard InChI is InChI=1S/C15H19N5O2/c1-2-22-11-12-8-19-6-5-18-14(19)10-20(9-12)15(21)13-7-16-3-4-17-13/h3-7,12H,2,8-11H2,1H3. The Hall–Kier alpha value is -2.28. The molecule has 7 nitrogen and oxygen atoms in total. The lowest BCUT2D eigenvalue weighted by atomic mass is 10.1. The molecule has 3 rings (SSSR count). The van der Waals surface area contributed by atoms with Gasteiger partial charge in [-0.15, -0.1) is 0 Å². The van der Waals surface area contributed by atoms with Crippen LogP contribution in [0.5, 0.6) is 0 Å². The van der Waals surface area contributed by atoms with Crippen molar-refractivity contribution in [1.82, 2.24) is 24.4 Å². The molecule has 0 saturated carbocycles. The summed E-state index contributed by atoms with van der Waals surface area (Å²) in [6.45, 7) is 5.18. The third-order valence-electron chi connectivity index (χ3n) is 3.69. The molecule has 0 saturated heterocycles. The second-order valence-corrected chi connectivity index (χ2v) is 5.30. The van der Waals surface area contributed by atoms with Crippen molar-refractivity contribution < 1.29 is 9.53 Å². The lowest BCUT2D eigenvalue weighted by molar-refractivity contribution is 0.0613. The summed E-state index contributed by atoms with van der Waals surface area (Å²) in [5, 5.41) is 0. The van der Waals surface area contributed by atoms with Gasteiger partial charge in [-0.2, -0.15) is 0 Å². The van der Waals surface area contributed by atoms with E-state index in [-0.39, 0.29) is 11.8 Å². The molecule has 7 heteroatoms. The first kappa shape index (κ1) is 14.6. The smallest absolute Gasteiger partial charge is 0.274 e. The number of imidazole rings is 1. The van der Waals surface area contributed by atoms with Crippen LogP contribution in [0.25, 0.3) is 0 Å². The first-order valence-corrected chi connectivity index (χ1v) is 7.41.